The summed E-state index contributed by atoms with van der Waals surface area (Å²) in [7, 11) is 1.63. The molecule has 0 saturated heterocycles. The number of hydrogen-bond donors (Lipinski definition) is 0. The highest BCUT2D eigenvalue weighted by Gasteiger charge is 2.08. The Balaban J connectivity index is 1.31. The smallest absolute Gasteiger partial charge is 0.195 e. The Morgan fingerprint density at radius 2 is 1.71 bits per heavy atom. The number of benzene rings is 2. The molecule has 2 aromatic heterocycles. The summed E-state index contributed by atoms with van der Waals surface area (Å²) in [4.78, 5) is 14.4. The van der Waals surface area contributed by atoms with E-state index in [0.29, 0.717) is 18.1 Å². The van der Waals surface area contributed by atoms with Crippen LogP contribution in [-0.4, -0.2) is 12.9 Å². The maximum atomic E-state index is 12.5. The fraction of sp³-hybridized carbons (Fsp3) is 0.115. The minimum absolute atomic E-state index is 0.0308. The minimum atomic E-state index is -0.0308. The van der Waals surface area contributed by atoms with Crippen molar-refractivity contribution in [3.05, 3.63) is 112 Å². The van der Waals surface area contributed by atoms with E-state index in [1.54, 1.807) is 19.3 Å². The molecule has 0 N–H and O–H groups in total. The minimum Gasteiger partial charge on any atom is -0.497 e. The van der Waals surface area contributed by atoms with Gasteiger partial charge in [0.2, 0.25) is 0 Å². The maximum absolute atomic E-state index is 12.5. The first-order chi connectivity index (χ1) is 15.2. The standard InChI is InChI=1S/C26H22O4S/c1-28-20-7-9-21(10-8-20)29-18-23-12-11-22(30-23)13-15-25(27)26-16-14-24(31-26)17-19-5-3-2-4-6-19/h2-16H,17-18H2,1H3/b15-13+. The van der Waals surface area contributed by atoms with Crippen LogP contribution in [-0.2, 0) is 13.0 Å². The number of carbonyl (C=O) groups is 1. The molecule has 0 aliphatic heterocycles. The summed E-state index contributed by atoms with van der Waals surface area (Å²) in [6.45, 7) is 0.307. The highest BCUT2D eigenvalue weighted by molar-refractivity contribution is 7.14. The van der Waals surface area contributed by atoms with Crippen molar-refractivity contribution in [3.8, 4) is 11.5 Å². The van der Waals surface area contributed by atoms with Gasteiger partial charge in [-0.05, 0) is 66.2 Å². The lowest BCUT2D eigenvalue weighted by Gasteiger charge is -2.05. The van der Waals surface area contributed by atoms with Crippen LogP contribution in [0.15, 0.2) is 89.4 Å². The SMILES string of the molecule is COc1ccc(OCc2ccc(/C=C/C(=O)c3ccc(Cc4ccccc4)s3)o2)cc1. The molecule has 31 heavy (non-hydrogen) atoms. The van der Waals surface area contributed by atoms with Crippen LogP contribution in [0, 0.1) is 0 Å². The predicted molar refractivity (Wildman–Crippen MR) is 123 cm³/mol. The molecular weight excluding hydrogens is 408 g/mol. The summed E-state index contributed by atoms with van der Waals surface area (Å²) in [5.41, 5.74) is 1.24. The maximum Gasteiger partial charge on any atom is 0.195 e. The van der Waals surface area contributed by atoms with Crippen molar-refractivity contribution in [2.75, 3.05) is 7.11 Å². The number of ether oxygens (including phenoxy) is 2. The van der Waals surface area contributed by atoms with Crippen LogP contribution in [0.3, 0.4) is 0 Å². The first-order valence-electron chi connectivity index (χ1n) is 9.90. The molecule has 4 aromatic rings. The van der Waals surface area contributed by atoms with Crippen molar-refractivity contribution < 1.29 is 18.7 Å². The first-order valence-corrected chi connectivity index (χ1v) is 10.7. The van der Waals surface area contributed by atoms with Crippen LogP contribution < -0.4 is 9.47 Å². The second kappa shape index (κ2) is 9.96. The Hall–Kier alpha value is -3.57. The van der Waals surface area contributed by atoms with Crippen molar-refractivity contribution in [1.29, 1.82) is 0 Å². The summed E-state index contributed by atoms with van der Waals surface area (Å²) in [6.07, 6.45) is 4.07. The average molecular weight is 431 g/mol. The van der Waals surface area contributed by atoms with E-state index in [4.69, 9.17) is 13.9 Å². The van der Waals surface area contributed by atoms with Crippen LogP contribution in [0.5, 0.6) is 11.5 Å². The van der Waals surface area contributed by atoms with E-state index in [2.05, 4.69) is 12.1 Å². The van der Waals surface area contributed by atoms with Crippen LogP contribution in [0.25, 0.3) is 6.08 Å². The van der Waals surface area contributed by atoms with Gasteiger partial charge in [0.05, 0.1) is 12.0 Å². The number of hydrogen-bond acceptors (Lipinski definition) is 5. The summed E-state index contributed by atoms with van der Waals surface area (Å²) in [5, 5.41) is 0. The number of allylic oxidation sites excluding steroid dienone is 1. The van der Waals surface area contributed by atoms with Crippen LogP contribution in [0.2, 0.25) is 0 Å². The normalized spacial score (nSPS) is 11.0. The Bertz CT molecular complexity index is 1150. The molecule has 4 rings (SSSR count). The number of thiophene rings is 1. The molecule has 4 nitrogen and oxygen atoms in total. The third-order valence-electron chi connectivity index (χ3n) is 4.65. The van der Waals surface area contributed by atoms with E-state index in [1.165, 1.54) is 21.8 Å². The van der Waals surface area contributed by atoms with Gasteiger partial charge in [0.1, 0.15) is 29.6 Å². The highest BCUT2D eigenvalue weighted by atomic mass is 32.1. The lowest BCUT2D eigenvalue weighted by molar-refractivity contribution is 0.105. The molecule has 0 bridgehead atoms. The van der Waals surface area contributed by atoms with Gasteiger partial charge in [0.15, 0.2) is 5.78 Å². The van der Waals surface area contributed by atoms with Crippen molar-refractivity contribution in [3.63, 3.8) is 0 Å². The number of rotatable bonds is 9. The lowest BCUT2D eigenvalue weighted by Crippen LogP contribution is -1.93. The van der Waals surface area contributed by atoms with Crippen LogP contribution in [0.4, 0.5) is 0 Å². The predicted octanol–water partition coefficient (Wildman–Crippen LogP) is 6.42. The van der Waals surface area contributed by atoms with E-state index < -0.39 is 0 Å². The lowest BCUT2D eigenvalue weighted by atomic mass is 10.1. The Morgan fingerprint density at radius 1 is 0.935 bits per heavy atom. The zero-order chi connectivity index (χ0) is 21.5. The van der Waals surface area contributed by atoms with Gasteiger partial charge in [0, 0.05) is 11.3 Å². The molecule has 0 saturated carbocycles. The van der Waals surface area contributed by atoms with Gasteiger partial charge in [-0.15, -0.1) is 11.3 Å². The summed E-state index contributed by atoms with van der Waals surface area (Å²) in [5.74, 6) is 2.78. The fourth-order valence-corrected chi connectivity index (χ4v) is 3.99. The molecule has 156 valence electrons. The first kappa shape index (κ1) is 20.7. The quantitative estimate of drug-likeness (QED) is 0.227. The van der Waals surface area contributed by atoms with E-state index in [0.717, 1.165) is 22.8 Å². The molecule has 5 heteroatoms. The van der Waals surface area contributed by atoms with Gasteiger partial charge in [-0.25, -0.2) is 0 Å². The van der Waals surface area contributed by atoms with E-state index in [9.17, 15) is 4.79 Å². The number of methoxy groups -OCH3 is 1. The Morgan fingerprint density at radius 3 is 2.48 bits per heavy atom. The van der Waals surface area contributed by atoms with Crippen molar-refractivity contribution in [2.24, 2.45) is 0 Å². The third-order valence-corrected chi connectivity index (χ3v) is 5.75. The van der Waals surface area contributed by atoms with Gasteiger partial charge in [-0.2, -0.15) is 0 Å². The largest absolute Gasteiger partial charge is 0.497 e. The molecule has 0 aliphatic carbocycles. The van der Waals surface area contributed by atoms with Crippen molar-refractivity contribution >= 4 is 23.2 Å². The Kier molecular flexibility index (Phi) is 6.65. The molecule has 0 unspecified atom stereocenters. The monoisotopic (exact) mass is 430 g/mol. The van der Waals surface area contributed by atoms with Gasteiger partial charge < -0.3 is 13.9 Å². The molecule has 0 aliphatic rings. The number of ketones is 1. The number of furan rings is 1. The zero-order valence-corrected chi connectivity index (χ0v) is 17.9. The fourth-order valence-electron chi connectivity index (χ4n) is 3.03. The van der Waals surface area contributed by atoms with Crippen molar-refractivity contribution in [2.45, 2.75) is 13.0 Å². The Labute approximate surface area is 185 Å². The molecule has 0 spiro atoms. The van der Waals surface area contributed by atoms with Gasteiger partial charge in [-0.1, -0.05) is 30.3 Å². The number of carbonyl (C=O) groups excluding carboxylic acids is 1. The summed E-state index contributed by atoms with van der Waals surface area (Å²) < 4.78 is 16.6. The second-order valence-electron chi connectivity index (χ2n) is 6.89. The highest BCUT2D eigenvalue weighted by Crippen LogP contribution is 2.22. The third kappa shape index (κ3) is 5.74. The van der Waals surface area contributed by atoms with Crippen molar-refractivity contribution in [1.82, 2.24) is 0 Å². The van der Waals surface area contributed by atoms with E-state index in [-0.39, 0.29) is 5.78 Å². The topological polar surface area (TPSA) is 48.7 Å². The second-order valence-corrected chi connectivity index (χ2v) is 8.06. The average Bonchev–Trinajstić information content (AvgIpc) is 3.47. The molecule has 0 radical (unpaired) electrons. The van der Waals surface area contributed by atoms with Crippen LogP contribution in [0.1, 0.15) is 31.6 Å². The van der Waals surface area contributed by atoms with E-state index in [1.807, 2.05) is 66.7 Å². The molecule has 2 heterocycles. The molecule has 0 fully saturated rings. The molecular formula is C26H22O4S. The molecule has 0 atom stereocenters. The zero-order valence-electron chi connectivity index (χ0n) is 17.1. The summed E-state index contributed by atoms with van der Waals surface area (Å²) in [6, 6.07) is 25.2. The van der Waals surface area contributed by atoms with E-state index >= 15 is 0 Å². The summed E-state index contributed by atoms with van der Waals surface area (Å²) >= 11 is 1.52. The van der Waals surface area contributed by atoms with Gasteiger partial charge in [-0.3, -0.25) is 4.79 Å². The van der Waals surface area contributed by atoms with Crippen LogP contribution >= 0.6 is 11.3 Å². The van der Waals surface area contributed by atoms with Gasteiger partial charge >= 0.3 is 0 Å². The van der Waals surface area contributed by atoms with Gasteiger partial charge in [0.25, 0.3) is 0 Å². The molecule has 2 aromatic carbocycles. The molecule has 0 amide bonds.